The predicted molar refractivity (Wildman–Crippen MR) is 81.5 cm³/mol. The molecule has 0 aromatic heterocycles. The van der Waals surface area contributed by atoms with E-state index in [4.69, 9.17) is 0 Å². The Kier molecular flexibility index (Phi) is 3.57. The van der Waals surface area contributed by atoms with Gasteiger partial charge in [0.05, 0.1) is 22.1 Å². The lowest BCUT2D eigenvalue weighted by Crippen LogP contribution is -2.34. The fourth-order valence-corrected chi connectivity index (χ4v) is 6.15. The van der Waals surface area contributed by atoms with E-state index < -0.39 is 15.3 Å². The van der Waals surface area contributed by atoms with Gasteiger partial charge in [0.1, 0.15) is 0 Å². The van der Waals surface area contributed by atoms with E-state index in [-0.39, 0.29) is 11.7 Å². The van der Waals surface area contributed by atoms with Crippen LogP contribution in [0.4, 0.5) is 0 Å². The van der Waals surface area contributed by atoms with Gasteiger partial charge >= 0.3 is 0 Å². The van der Waals surface area contributed by atoms with Gasteiger partial charge in [-0.15, -0.1) is 0 Å². The Bertz CT molecular complexity index is 689. The largest absolute Gasteiger partial charge is 0.224 e. The molecule has 112 valence electrons. The lowest BCUT2D eigenvalue weighted by Gasteiger charge is -2.39. The van der Waals surface area contributed by atoms with Crippen LogP contribution in [0.25, 0.3) is 0 Å². The maximum atomic E-state index is 12.4. The van der Waals surface area contributed by atoms with Crippen molar-refractivity contribution in [1.29, 1.82) is 5.26 Å². The van der Waals surface area contributed by atoms with Crippen LogP contribution in [0.15, 0.2) is 29.2 Å². The van der Waals surface area contributed by atoms with Gasteiger partial charge in [-0.3, -0.25) is 0 Å². The number of hydrogen-bond donors (Lipinski definition) is 0. The molecule has 0 bridgehead atoms. The number of fused-ring (bicyclic) bond motifs is 1. The molecule has 3 atom stereocenters. The molecule has 3 unspecified atom stereocenters. The zero-order chi connectivity index (χ0) is 15.1. The molecule has 1 fully saturated rings. The summed E-state index contributed by atoms with van der Waals surface area (Å²) in [5.41, 5.74) is 0.370. The van der Waals surface area contributed by atoms with Crippen molar-refractivity contribution in [2.45, 2.75) is 49.8 Å². The number of rotatable bonds is 2. The third-order valence-electron chi connectivity index (χ3n) is 5.37. The molecule has 0 spiro atoms. The zero-order valence-corrected chi connectivity index (χ0v) is 13.2. The Hall–Kier alpha value is -1.34. The number of nitrogens with zero attached hydrogens (tertiary/aromatic N) is 1. The van der Waals surface area contributed by atoms with E-state index in [0.717, 1.165) is 31.2 Å². The SMILES string of the molecule is CCC1CCCC(C#N)(C2CS(=O)(=O)c3ccccc32)C1. The molecule has 0 N–H and O–H groups in total. The molecule has 0 saturated heterocycles. The number of hydrogen-bond acceptors (Lipinski definition) is 3. The molecule has 0 radical (unpaired) electrons. The van der Waals surface area contributed by atoms with Crippen LogP contribution in [-0.4, -0.2) is 14.2 Å². The van der Waals surface area contributed by atoms with Crippen molar-refractivity contribution >= 4 is 9.84 Å². The van der Waals surface area contributed by atoms with Gasteiger partial charge in [0.25, 0.3) is 0 Å². The normalized spacial score (nSPS) is 34.1. The molecule has 1 aromatic carbocycles. The van der Waals surface area contributed by atoms with Crippen molar-refractivity contribution in [2.24, 2.45) is 11.3 Å². The van der Waals surface area contributed by atoms with E-state index in [0.29, 0.717) is 10.8 Å². The van der Waals surface area contributed by atoms with Crippen LogP contribution in [0.1, 0.15) is 50.5 Å². The minimum absolute atomic E-state index is 0.107. The quantitative estimate of drug-likeness (QED) is 0.837. The molecule has 0 amide bonds. The zero-order valence-electron chi connectivity index (χ0n) is 12.4. The van der Waals surface area contributed by atoms with Crippen LogP contribution in [0, 0.1) is 22.7 Å². The Balaban J connectivity index is 2.06. The molecule has 1 heterocycles. The lowest BCUT2D eigenvalue weighted by molar-refractivity contribution is 0.168. The number of nitriles is 1. The van der Waals surface area contributed by atoms with Crippen molar-refractivity contribution in [2.75, 3.05) is 5.75 Å². The minimum atomic E-state index is -3.23. The topological polar surface area (TPSA) is 57.9 Å². The maximum Gasteiger partial charge on any atom is 0.179 e. The molecule has 21 heavy (non-hydrogen) atoms. The summed E-state index contributed by atoms with van der Waals surface area (Å²) in [4.78, 5) is 0.447. The predicted octanol–water partition coefficient (Wildman–Crippen LogP) is 3.67. The summed E-state index contributed by atoms with van der Waals surface area (Å²) in [6, 6.07) is 9.79. The van der Waals surface area contributed by atoms with Gasteiger partial charge in [-0.1, -0.05) is 44.4 Å². The molecule has 1 aliphatic carbocycles. The smallest absolute Gasteiger partial charge is 0.179 e. The maximum absolute atomic E-state index is 12.4. The lowest BCUT2D eigenvalue weighted by atomic mass is 9.62. The molecule has 4 heteroatoms. The van der Waals surface area contributed by atoms with E-state index in [1.807, 2.05) is 12.1 Å². The highest BCUT2D eigenvalue weighted by molar-refractivity contribution is 7.91. The van der Waals surface area contributed by atoms with Gasteiger partial charge in [0.15, 0.2) is 9.84 Å². The highest BCUT2D eigenvalue weighted by Crippen LogP contribution is 2.53. The van der Waals surface area contributed by atoms with Gasteiger partial charge < -0.3 is 0 Å². The average molecular weight is 303 g/mol. The monoisotopic (exact) mass is 303 g/mol. The number of sulfone groups is 1. The third-order valence-corrected chi connectivity index (χ3v) is 7.18. The molecule has 1 aromatic rings. The molecule has 2 aliphatic rings. The van der Waals surface area contributed by atoms with Crippen LogP contribution < -0.4 is 0 Å². The first kappa shape index (κ1) is 14.6. The van der Waals surface area contributed by atoms with E-state index in [1.165, 1.54) is 6.42 Å². The van der Waals surface area contributed by atoms with E-state index in [2.05, 4.69) is 13.0 Å². The van der Waals surface area contributed by atoms with Crippen LogP contribution in [0.5, 0.6) is 0 Å². The van der Waals surface area contributed by atoms with Gasteiger partial charge in [-0.05, 0) is 30.4 Å². The first-order valence-electron chi connectivity index (χ1n) is 7.75. The Morgan fingerprint density at radius 2 is 2.14 bits per heavy atom. The van der Waals surface area contributed by atoms with Gasteiger partial charge in [0, 0.05) is 5.92 Å². The van der Waals surface area contributed by atoms with Crippen molar-refractivity contribution in [3.63, 3.8) is 0 Å². The summed E-state index contributed by atoms with van der Waals surface area (Å²) >= 11 is 0. The second kappa shape index (κ2) is 5.14. The van der Waals surface area contributed by atoms with Crippen molar-refractivity contribution in [3.05, 3.63) is 29.8 Å². The summed E-state index contributed by atoms with van der Waals surface area (Å²) in [5, 5.41) is 9.87. The average Bonchev–Trinajstić information content (AvgIpc) is 2.80. The van der Waals surface area contributed by atoms with Gasteiger partial charge in [-0.25, -0.2) is 8.42 Å². The van der Waals surface area contributed by atoms with E-state index in [9.17, 15) is 13.7 Å². The van der Waals surface area contributed by atoms with Gasteiger partial charge in [-0.2, -0.15) is 5.26 Å². The second-order valence-electron chi connectivity index (χ2n) is 6.51. The second-order valence-corrected chi connectivity index (χ2v) is 8.51. The molecule has 3 nitrogen and oxygen atoms in total. The van der Waals surface area contributed by atoms with Crippen LogP contribution in [-0.2, 0) is 9.84 Å². The number of benzene rings is 1. The highest BCUT2D eigenvalue weighted by atomic mass is 32.2. The molecular formula is C17H21NO2S. The van der Waals surface area contributed by atoms with Crippen molar-refractivity contribution < 1.29 is 8.42 Å². The fraction of sp³-hybridized carbons (Fsp3) is 0.588. The molecular weight excluding hydrogens is 282 g/mol. The van der Waals surface area contributed by atoms with Crippen molar-refractivity contribution in [1.82, 2.24) is 0 Å². The summed E-state index contributed by atoms with van der Waals surface area (Å²) in [6.07, 6.45) is 4.94. The van der Waals surface area contributed by atoms with Crippen LogP contribution in [0.3, 0.4) is 0 Å². The summed E-state index contributed by atoms with van der Waals surface area (Å²) in [6.45, 7) is 2.16. The summed E-state index contributed by atoms with van der Waals surface area (Å²) in [5.74, 6) is 0.503. The van der Waals surface area contributed by atoms with E-state index in [1.54, 1.807) is 12.1 Å². The van der Waals surface area contributed by atoms with E-state index >= 15 is 0 Å². The fourth-order valence-electron chi connectivity index (χ4n) is 4.18. The Morgan fingerprint density at radius 3 is 2.86 bits per heavy atom. The van der Waals surface area contributed by atoms with Crippen LogP contribution >= 0.6 is 0 Å². The summed E-state index contributed by atoms with van der Waals surface area (Å²) in [7, 11) is -3.23. The standard InChI is InChI=1S/C17H21NO2S/c1-2-13-6-5-9-17(10-13,12-18)15-11-21(19,20)16-8-4-3-7-14(15)16/h3-4,7-8,13,15H,2,5-6,9-11H2,1H3. The van der Waals surface area contributed by atoms with Crippen molar-refractivity contribution in [3.8, 4) is 6.07 Å². The van der Waals surface area contributed by atoms with Gasteiger partial charge in [0.2, 0.25) is 0 Å². The summed E-state index contributed by atoms with van der Waals surface area (Å²) < 4.78 is 24.8. The minimum Gasteiger partial charge on any atom is -0.224 e. The first-order valence-corrected chi connectivity index (χ1v) is 9.40. The van der Waals surface area contributed by atoms with Crippen LogP contribution in [0.2, 0.25) is 0 Å². The molecule has 3 rings (SSSR count). The molecule has 1 aliphatic heterocycles. The Labute approximate surface area is 126 Å². The Morgan fingerprint density at radius 1 is 1.38 bits per heavy atom. The third kappa shape index (κ3) is 2.28. The first-order chi connectivity index (χ1) is 10.0. The molecule has 1 saturated carbocycles. The highest BCUT2D eigenvalue weighted by Gasteiger charge is 2.49.